The molecule has 4 nitrogen and oxygen atoms in total. The van der Waals surface area contributed by atoms with Crippen molar-refractivity contribution in [2.24, 2.45) is 5.92 Å². The summed E-state index contributed by atoms with van der Waals surface area (Å²) in [6, 6.07) is 4.78. The lowest BCUT2D eigenvalue weighted by Crippen LogP contribution is -2.40. The molecule has 1 aliphatic rings. The zero-order chi connectivity index (χ0) is 16.2. The van der Waals surface area contributed by atoms with Crippen LogP contribution in [0.3, 0.4) is 0 Å². The van der Waals surface area contributed by atoms with Crippen LogP contribution in [0.2, 0.25) is 0 Å². The molecule has 0 amide bonds. The van der Waals surface area contributed by atoms with Gasteiger partial charge in [0, 0.05) is 6.04 Å². The van der Waals surface area contributed by atoms with Crippen molar-refractivity contribution in [2.45, 2.75) is 51.2 Å². The van der Waals surface area contributed by atoms with Gasteiger partial charge in [-0.3, -0.25) is 0 Å². The van der Waals surface area contributed by atoms with Crippen LogP contribution in [0.4, 0.5) is 4.39 Å². The Kier molecular flexibility index (Phi) is 5.94. The molecule has 0 aromatic heterocycles. The molecule has 0 spiro atoms. The van der Waals surface area contributed by atoms with Gasteiger partial charge in [-0.2, -0.15) is 0 Å². The van der Waals surface area contributed by atoms with E-state index in [9.17, 15) is 17.9 Å². The van der Waals surface area contributed by atoms with Crippen molar-refractivity contribution in [3.63, 3.8) is 0 Å². The number of aliphatic hydroxyl groups is 1. The Balaban J connectivity index is 1.94. The Morgan fingerprint density at radius 3 is 2.41 bits per heavy atom. The van der Waals surface area contributed by atoms with Gasteiger partial charge in [0.1, 0.15) is 5.82 Å². The van der Waals surface area contributed by atoms with Crippen LogP contribution in [0, 0.1) is 11.7 Å². The smallest absolute Gasteiger partial charge is 0.212 e. The summed E-state index contributed by atoms with van der Waals surface area (Å²) in [7, 11) is -3.43. The summed E-state index contributed by atoms with van der Waals surface area (Å²) >= 11 is 0. The van der Waals surface area contributed by atoms with Crippen LogP contribution >= 0.6 is 0 Å². The molecule has 0 heterocycles. The molecule has 2 N–H and O–H groups in total. The summed E-state index contributed by atoms with van der Waals surface area (Å²) in [6.07, 6.45) is 4.28. The Morgan fingerprint density at radius 2 is 1.82 bits per heavy atom. The predicted octanol–water partition coefficient (Wildman–Crippen LogP) is 2.75. The number of nitrogens with one attached hydrogen (secondary N) is 1. The maximum atomic E-state index is 12.9. The molecule has 1 aromatic carbocycles. The Bertz CT molecular complexity index is 568. The quantitative estimate of drug-likeness (QED) is 0.843. The van der Waals surface area contributed by atoms with E-state index in [1.54, 1.807) is 6.92 Å². The van der Waals surface area contributed by atoms with Crippen LogP contribution in [0.15, 0.2) is 24.3 Å². The Hall–Kier alpha value is -0.980. The van der Waals surface area contributed by atoms with E-state index in [2.05, 4.69) is 4.72 Å². The number of halogens is 1. The minimum Gasteiger partial charge on any atom is -0.387 e. The van der Waals surface area contributed by atoms with E-state index in [0.717, 1.165) is 25.7 Å². The van der Waals surface area contributed by atoms with E-state index in [-0.39, 0.29) is 17.5 Å². The molecule has 124 valence electrons. The minimum atomic E-state index is -3.43. The Labute approximate surface area is 131 Å². The Morgan fingerprint density at radius 1 is 1.23 bits per heavy atom. The summed E-state index contributed by atoms with van der Waals surface area (Å²) in [4.78, 5) is 0. The first-order valence-electron chi connectivity index (χ1n) is 7.81. The largest absolute Gasteiger partial charge is 0.387 e. The lowest BCUT2D eigenvalue weighted by atomic mass is 9.91. The summed E-state index contributed by atoms with van der Waals surface area (Å²) in [5.41, 5.74) is 0.495. The molecule has 2 atom stereocenters. The van der Waals surface area contributed by atoms with E-state index in [4.69, 9.17) is 0 Å². The second-order valence-corrected chi connectivity index (χ2v) is 7.99. The summed E-state index contributed by atoms with van der Waals surface area (Å²) in [5.74, 6) is -0.0593. The predicted molar refractivity (Wildman–Crippen MR) is 84.3 cm³/mol. The minimum absolute atomic E-state index is 0.119. The molecule has 1 aromatic rings. The van der Waals surface area contributed by atoms with E-state index in [0.29, 0.717) is 5.56 Å². The molecule has 1 saturated carbocycles. The van der Waals surface area contributed by atoms with E-state index in [1.165, 1.54) is 30.7 Å². The van der Waals surface area contributed by atoms with Gasteiger partial charge in [0.25, 0.3) is 0 Å². The van der Waals surface area contributed by atoms with Crippen molar-refractivity contribution in [1.29, 1.82) is 0 Å². The van der Waals surface area contributed by atoms with Crippen molar-refractivity contribution in [3.8, 4) is 0 Å². The molecule has 0 aliphatic heterocycles. The third-order valence-electron chi connectivity index (χ3n) is 4.23. The highest BCUT2D eigenvalue weighted by molar-refractivity contribution is 7.89. The summed E-state index contributed by atoms with van der Waals surface area (Å²) in [6.45, 7) is 1.62. The van der Waals surface area contributed by atoms with E-state index >= 15 is 0 Å². The molecule has 6 heteroatoms. The number of hydrogen-bond acceptors (Lipinski definition) is 3. The SMILES string of the molecule is CC(NS(=O)(=O)CC1CCCCC1)C(O)c1ccc(F)cc1. The van der Waals surface area contributed by atoms with Gasteiger partial charge in [-0.15, -0.1) is 0 Å². The number of hydrogen-bond donors (Lipinski definition) is 2. The standard InChI is InChI=1S/C16H24FNO3S/c1-12(16(19)14-7-9-15(17)10-8-14)18-22(20,21)11-13-5-3-2-4-6-13/h7-10,12-13,16,18-19H,2-6,11H2,1H3. The second-order valence-electron chi connectivity index (χ2n) is 6.19. The molecule has 1 fully saturated rings. The maximum Gasteiger partial charge on any atom is 0.212 e. The van der Waals surface area contributed by atoms with Gasteiger partial charge in [-0.25, -0.2) is 17.5 Å². The second kappa shape index (κ2) is 7.53. The lowest BCUT2D eigenvalue weighted by Gasteiger charge is -2.24. The van der Waals surface area contributed by atoms with Crippen LogP contribution in [-0.2, 0) is 10.0 Å². The fourth-order valence-electron chi connectivity index (χ4n) is 3.01. The molecular formula is C16H24FNO3S. The average molecular weight is 329 g/mol. The number of sulfonamides is 1. The molecule has 0 bridgehead atoms. The summed E-state index contributed by atoms with van der Waals surface area (Å²) < 4.78 is 39.9. The van der Waals surface area contributed by atoms with Crippen molar-refractivity contribution in [2.75, 3.05) is 5.75 Å². The monoisotopic (exact) mass is 329 g/mol. The normalized spacial score (nSPS) is 19.8. The number of benzene rings is 1. The maximum absolute atomic E-state index is 12.9. The van der Waals surface area contributed by atoms with Crippen LogP contribution in [0.25, 0.3) is 0 Å². The van der Waals surface area contributed by atoms with Gasteiger partial charge < -0.3 is 5.11 Å². The first kappa shape index (κ1) is 17.4. The highest BCUT2D eigenvalue weighted by Crippen LogP contribution is 2.25. The van der Waals surface area contributed by atoms with Gasteiger partial charge in [-0.1, -0.05) is 31.4 Å². The molecular weight excluding hydrogens is 305 g/mol. The zero-order valence-electron chi connectivity index (χ0n) is 12.8. The fraction of sp³-hybridized carbons (Fsp3) is 0.625. The molecule has 22 heavy (non-hydrogen) atoms. The van der Waals surface area contributed by atoms with Gasteiger partial charge >= 0.3 is 0 Å². The summed E-state index contributed by atoms with van der Waals surface area (Å²) in [5, 5.41) is 10.2. The highest BCUT2D eigenvalue weighted by Gasteiger charge is 2.25. The van der Waals surface area contributed by atoms with Gasteiger partial charge in [0.15, 0.2) is 0 Å². The molecule has 2 unspecified atom stereocenters. The van der Waals surface area contributed by atoms with Gasteiger partial charge in [0.05, 0.1) is 11.9 Å². The van der Waals surface area contributed by atoms with Gasteiger partial charge in [-0.05, 0) is 43.4 Å². The zero-order valence-corrected chi connectivity index (χ0v) is 13.7. The topological polar surface area (TPSA) is 66.4 Å². The van der Waals surface area contributed by atoms with Crippen LogP contribution in [0.1, 0.15) is 50.7 Å². The average Bonchev–Trinajstić information content (AvgIpc) is 2.47. The first-order valence-corrected chi connectivity index (χ1v) is 9.46. The van der Waals surface area contributed by atoms with Crippen LogP contribution in [0.5, 0.6) is 0 Å². The lowest BCUT2D eigenvalue weighted by molar-refractivity contribution is 0.146. The van der Waals surface area contributed by atoms with Crippen LogP contribution < -0.4 is 4.72 Å². The first-order chi connectivity index (χ1) is 10.4. The van der Waals surface area contributed by atoms with Crippen LogP contribution in [-0.4, -0.2) is 25.3 Å². The van der Waals surface area contributed by atoms with Crippen molar-refractivity contribution < 1.29 is 17.9 Å². The van der Waals surface area contributed by atoms with E-state index < -0.39 is 22.2 Å². The van der Waals surface area contributed by atoms with Crippen molar-refractivity contribution in [1.82, 2.24) is 4.72 Å². The third-order valence-corrected chi connectivity index (χ3v) is 5.87. The molecule has 1 aliphatic carbocycles. The third kappa shape index (κ3) is 5.04. The van der Waals surface area contributed by atoms with Crippen molar-refractivity contribution in [3.05, 3.63) is 35.6 Å². The fourth-order valence-corrected chi connectivity index (χ4v) is 4.75. The number of rotatable bonds is 6. The number of aliphatic hydroxyl groups excluding tert-OH is 1. The van der Waals surface area contributed by atoms with Gasteiger partial charge in [0.2, 0.25) is 10.0 Å². The molecule has 0 radical (unpaired) electrons. The highest BCUT2D eigenvalue weighted by atomic mass is 32.2. The van der Waals surface area contributed by atoms with E-state index in [1.807, 2.05) is 0 Å². The van der Waals surface area contributed by atoms with Crippen molar-refractivity contribution >= 4 is 10.0 Å². The molecule has 0 saturated heterocycles. The molecule has 2 rings (SSSR count).